The molecule has 1 unspecified atom stereocenters. The molecule has 0 heterocycles. The first-order valence-corrected chi connectivity index (χ1v) is 6.81. The Hall–Kier alpha value is -2.24. The minimum atomic E-state index is -0.927. The number of hydrogen-bond acceptors (Lipinski definition) is 3. The third kappa shape index (κ3) is 6.16. The molecule has 6 heteroatoms. The monoisotopic (exact) mass is 294 g/mol. The predicted octanol–water partition coefficient (Wildman–Crippen LogP) is 1.99. The number of nitrogens with one attached hydrogen (secondary N) is 2. The van der Waals surface area contributed by atoms with Crippen LogP contribution in [0.25, 0.3) is 0 Å². The summed E-state index contributed by atoms with van der Waals surface area (Å²) in [6.45, 7) is 4.11. The fourth-order valence-corrected chi connectivity index (χ4v) is 1.79. The molecular weight excluding hydrogens is 272 g/mol. The van der Waals surface area contributed by atoms with Crippen LogP contribution in [0.4, 0.5) is 4.79 Å². The molecule has 1 aromatic carbocycles. The Labute approximate surface area is 124 Å². The van der Waals surface area contributed by atoms with E-state index in [1.807, 2.05) is 38.1 Å². The predicted molar refractivity (Wildman–Crippen MR) is 79.2 cm³/mol. The Morgan fingerprint density at radius 2 is 1.86 bits per heavy atom. The van der Waals surface area contributed by atoms with Gasteiger partial charge in [-0.1, -0.05) is 26.0 Å². The largest absolute Gasteiger partial charge is 0.497 e. The van der Waals surface area contributed by atoms with E-state index in [0.717, 1.165) is 11.3 Å². The number of rotatable bonds is 7. The third-order valence-corrected chi connectivity index (χ3v) is 3.13. The molecule has 0 aliphatic heterocycles. The van der Waals surface area contributed by atoms with Crippen molar-refractivity contribution in [3.63, 3.8) is 0 Å². The minimum Gasteiger partial charge on any atom is -0.497 e. The Morgan fingerprint density at radius 1 is 1.24 bits per heavy atom. The van der Waals surface area contributed by atoms with Crippen molar-refractivity contribution >= 4 is 12.0 Å². The van der Waals surface area contributed by atoms with Gasteiger partial charge in [0, 0.05) is 12.6 Å². The number of carboxylic acids is 1. The number of hydrogen-bond donors (Lipinski definition) is 3. The molecule has 1 rings (SSSR count). The maximum Gasteiger partial charge on any atom is 0.315 e. The van der Waals surface area contributed by atoms with Crippen molar-refractivity contribution in [2.45, 2.75) is 32.9 Å². The number of carboxylic acid groups (broad SMARTS) is 1. The first-order valence-electron chi connectivity index (χ1n) is 6.81. The highest BCUT2D eigenvalue weighted by molar-refractivity contribution is 5.75. The summed E-state index contributed by atoms with van der Waals surface area (Å²) in [6, 6.07) is 6.59. The summed E-state index contributed by atoms with van der Waals surface area (Å²) in [5.74, 6) is -0.124. The Balaban J connectivity index is 2.46. The normalized spacial score (nSPS) is 11.8. The number of carbonyl (C=O) groups excluding carboxylic acids is 1. The number of benzene rings is 1. The Morgan fingerprint density at radius 3 is 2.33 bits per heavy atom. The van der Waals surface area contributed by atoms with Crippen LogP contribution in [0.3, 0.4) is 0 Å². The molecule has 0 saturated carbocycles. The highest BCUT2D eigenvalue weighted by Gasteiger charge is 2.19. The lowest BCUT2D eigenvalue weighted by Gasteiger charge is -2.20. The van der Waals surface area contributed by atoms with Crippen LogP contribution in [-0.2, 0) is 11.3 Å². The average molecular weight is 294 g/mol. The van der Waals surface area contributed by atoms with Crippen molar-refractivity contribution in [2.75, 3.05) is 7.11 Å². The Kier molecular flexibility index (Phi) is 6.52. The standard InChI is InChI=1S/C15H22N2O4/c1-10(2)13(8-14(18)19)17-15(20)16-9-11-4-6-12(21-3)7-5-11/h4-7,10,13H,8-9H2,1-3H3,(H,18,19)(H2,16,17,20). The van der Waals surface area contributed by atoms with Crippen molar-refractivity contribution in [1.82, 2.24) is 10.6 Å². The molecule has 116 valence electrons. The third-order valence-electron chi connectivity index (χ3n) is 3.13. The molecule has 0 bridgehead atoms. The van der Waals surface area contributed by atoms with Gasteiger partial charge in [-0.05, 0) is 23.6 Å². The maximum absolute atomic E-state index is 11.8. The van der Waals surface area contributed by atoms with Crippen molar-refractivity contribution in [3.05, 3.63) is 29.8 Å². The molecule has 0 fully saturated rings. The summed E-state index contributed by atoms with van der Waals surface area (Å²) in [4.78, 5) is 22.5. The van der Waals surface area contributed by atoms with Crippen LogP contribution >= 0.6 is 0 Å². The number of urea groups is 1. The number of aliphatic carboxylic acids is 1. The fraction of sp³-hybridized carbons (Fsp3) is 0.467. The lowest BCUT2D eigenvalue weighted by Crippen LogP contribution is -2.45. The molecule has 0 aliphatic carbocycles. The van der Waals surface area contributed by atoms with Crippen LogP contribution in [0.2, 0.25) is 0 Å². The highest BCUT2D eigenvalue weighted by atomic mass is 16.5. The fourth-order valence-electron chi connectivity index (χ4n) is 1.79. The minimum absolute atomic E-state index is 0.0489. The molecule has 0 spiro atoms. The van der Waals surface area contributed by atoms with E-state index in [0.29, 0.717) is 6.54 Å². The van der Waals surface area contributed by atoms with Gasteiger partial charge in [0.05, 0.1) is 13.5 Å². The molecule has 1 aromatic rings. The first kappa shape index (κ1) is 16.8. The van der Waals surface area contributed by atoms with Gasteiger partial charge in [-0.15, -0.1) is 0 Å². The number of ether oxygens (including phenoxy) is 1. The van der Waals surface area contributed by atoms with E-state index >= 15 is 0 Å². The van der Waals surface area contributed by atoms with E-state index in [1.54, 1.807) is 7.11 Å². The van der Waals surface area contributed by atoms with Gasteiger partial charge in [0.15, 0.2) is 0 Å². The second-order valence-corrected chi connectivity index (χ2v) is 5.12. The summed E-state index contributed by atoms with van der Waals surface area (Å²) in [7, 11) is 1.59. The van der Waals surface area contributed by atoms with E-state index in [9.17, 15) is 9.59 Å². The SMILES string of the molecule is COc1ccc(CNC(=O)NC(CC(=O)O)C(C)C)cc1. The van der Waals surface area contributed by atoms with Crippen LogP contribution in [0.15, 0.2) is 24.3 Å². The topological polar surface area (TPSA) is 87.7 Å². The molecule has 2 amide bonds. The van der Waals surface area contributed by atoms with E-state index in [-0.39, 0.29) is 18.4 Å². The number of carbonyl (C=O) groups is 2. The van der Waals surface area contributed by atoms with Gasteiger partial charge in [0.25, 0.3) is 0 Å². The van der Waals surface area contributed by atoms with Crippen LogP contribution in [0.5, 0.6) is 5.75 Å². The summed E-state index contributed by atoms with van der Waals surface area (Å²) in [5.41, 5.74) is 0.935. The van der Waals surface area contributed by atoms with E-state index < -0.39 is 12.0 Å². The zero-order valence-corrected chi connectivity index (χ0v) is 12.6. The van der Waals surface area contributed by atoms with E-state index in [4.69, 9.17) is 9.84 Å². The second kappa shape index (κ2) is 8.14. The highest BCUT2D eigenvalue weighted by Crippen LogP contribution is 2.11. The first-order chi connectivity index (χ1) is 9.92. The second-order valence-electron chi connectivity index (χ2n) is 5.12. The molecular formula is C15H22N2O4. The molecule has 1 atom stereocenters. The van der Waals surface area contributed by atoms with Crippen molar-refractivity contribution in [2.24, 2.45) is 5.92 Å². The van der Waals surface area contributed by atoms with E-state index in [1.165, 1.54) is 0 Å². The van der Waals surface area contributed by atoms with Crippen LogP contribution in [0.1, 0.15) is 25.8 Å². The average Bonchev–Trinajstić information content (AvgIpc) is 2.44. The zero-order valence-electron chi connectivity index (χ0n) is 12.6. The van der Waals surface area contributed by atoms with Gasteiger partial charge < -0.3 is 20.5 Å². The van der Waals surface area contributed by atoms with Gasteiger partial charge in [0.2, 0.25) is 0 Å². The van der Waals surface area contributed by atoms with Crippen molar-refractivity contribution in [1.29, 1.82) is 0 Å². The van der Waals surface area contributed by atoms with Crippen molar-refractivity contribution in [3.8, 4) is 5.75 Å². The van der Waals surface area contributed by atoms with Gasteiger partial charge in [-0.25, -0.2) is 4.79 Å². The molecule has 6 nitrogen and oxygen atoms in total. The lowest BCUT2D eigenvalue weighted by atomic mass is 10.0. The molecule has 0 aliphatic rings. The van der Waals surface area contributed by atoms with Gasteiger partial charge in [-0.3, -0.25) is 4.79 Å². The quantitative estimate of drug-likeness (QED) is 0.717. The zero-order chi connectivity index (χ0) is 15.8. The molecule has 3 N–H and O–H groups in total. The molecule has 21 heavy (non-hydrogen) atoms. The maximum atomic E-state index is 11.8. The van der Waals surface area contributed by atoms with Crippen LogP contribution in [-0.4, -0.2) is 30.3 Å². The molecule has 0 aromatic heterocycles. The molecule has 0 radical (unpaired) electrons. The van der Waals surface area contributed by atoms with Crippen molar-refractivity contribution < 1.29 is 19.4 Å². The van der Waals surface area contributed by atoms with E-state index in [2.05, 4.69) is 10.6 Å². The summed E-state index contributed by atoms with van der Waals surface area (Å²) < 4.78 is 5.06. The summed E-state index contributed by atoms with van der Waals surface area (Å²) >= 11 is 0. The van der Waals surface area contributed by atoms with Crippen LogP contribution < -0.4 is 15.4 Å². The molecule has 0 saturated heterocycles. The van der Waals surface area contributed by atoms with Crippen LogP contribution in [0, 0.1) is 5.92 Å². The Bertz CT molecular complexity index is 471. The number of methoxy groups -OCH3 is 1. The van der Waals surface area contributed by atoms with Gasteiger partial charge in [0.1, 0.15) is 5.75 Å². The number of amides is 2. The summed E-state index contributed by atoms with van der Waals surface area (Å²) in [6.07, 6.45) is -0.0897. The van der Waals surface area contributed by atoms with Gasteiger partial charge >= 0.3 is 12.0 Å². The van der Waals surface area contributed by atoms with Gasteiger partial charge in [-0.2, -0.15) is 0 Å². The lowest BCUT2D eigenvalue weighted by molar-refractivity contribution is -0.137. The summed E-state index contributed by atoms with van der Waals surface area (Å²) in [5, 5.41) is 14.2. The smallest absolute Gasteiger partial charge is 0.315 e.